The summed E-state index contributed by atoms with van der Waals surface area (Å²) in [6, 6.07) is 24.0. The van der Waals surface area contributed by atoms with Crippen LogP contribution in [0.1, 0.15) is 59.2 Å². The van der Waals surface area contributed by atoms with E-state index in [-0.39, 0.29) is 5.78 Å². The van der Waals surface area contributed by atoms with Gasteiger partial charge >= 0.3 is 0 Å². The maximum atomic E-state index is 13.9. The number of Topliss-reactive ketones (excluding diaryl/α,β-unsaturated/α-hetero) is 1. The number of ether oxygens (including phenoxy) is 2. The number of hydrogen-bond acceptors (Lipinski definition) is 4. The van der Waals surface area contributed by atoms with E-state index in [1.54, 1.807) is 7.11 Å². The number of benzene rings is 3. The maximum absolute atomic E-state index is 13.9. The molecule has 5 rings (SSSR count). The molecule has 1 aliphatic carbocycles. The topological polar surface area (TPSA) is 38.8 Å². The highest BCUT2D eigenvalue weighted by atomic mass is 16.5. The number of nitrogens with zero attached hydrogens (tertiary/aromatic N) is 1. The fourth-order valence-electron chi connectivity index (χ4n) is 5.38. The first-order valence-electron chi connectivity index (χ1n) is 13.2. The molecule has 0 atom stereocenters. The predicted octanol–water partition coefficient (Wildman–Crippen LogP) is 6.69. The normalized spacial score (nSPS) is 16.2. The molecule has 3 aromatic carbocycles. The Kier molecular flexibility index (Phi) is 7.82. The molecule has 0 saturated carbocycles. The zero-order chi connectivity index (χ0) is 24.7. The highest BCUT2D eigenvalue weighted by Crippen LogP contribution is 2.40. The smallest absolute Gasteiger partial charge is 0.193 e. The summed E-state index contributed by atoms with van der Waals surface area (Å²) >= 11 is 0. The van der Waals surface area contributed by atoms with Gasteiger partial charge in [0.25, 0.3) is 0 Å². The van der Waals surface area contributed by atoms with Gasteiger partial charge in [0, 0.05) is 17.7 Å². The first-order chi connectivity index (χ1) is 17.7. The summed E-state index contributed by atoms with van der Waals surface area (Å²) in [5, 5.41) is 0. The van der Waals surface area contributed by atoms with Crippen molar-refractivity contribution in [2.45, 2.75) is 38.5 Å². The molecule has 0 spiro atoms. The quantitative estimate of drug-likeness (QED) is 0.336. The Morgan fingerprint density at radius 3 is 2.28 bits per heavy atom. The molecule has 186 valence electrons. The number of hydrogen-bond donors (Lipinski definition) is 0. The highest BCUT2D eigenvalue weighted by molar-refractivity contribution is 6.35. The second-order valence-corrected chi connectivity index (χ2v) is 9.70. The van der Waals surface area contributed by atoms with E-state index in [2.05, 4.69) is 23.1 Å². The zero-order valence-corrected chi connectivity index (χ0v) is 21.2. The standard InChI is InChI=1S/C32H35NO3/c1-35-28-16-18-30-26(23-28)13-17-29(24-9-5-4-6-10-24)31(30)32(34)25-11-14-27(15-12-25)36-22-21-33-19-7-2-3-8-20-33/h4-6,9-12,14-16,18,23H,2-3,7-8,13,17,19-22H2,1H3. The van der Waals surface area contributed by atoms with Crippen molar-refractivity contribution < 1.29 is 14.3 Å². The second kappa shape index (κ2) is 11.6. The van der Waals surface area contributed by atoms with Crippen molar-refractivity contribution in [2.24, 2.45) is 0 Å². The molecule has 1 fully saturated rings. The number of allylic oxidation sites excluding steroid dienone is 2. The van der Waals surface area contributed by atoms with Crippen LogP contribution in [-0.4, -0.2) is 44.0 Å². The zero-order valence-electron chi connectivity index (χ0n) is 21.2. The lowest BCUT2D eigenvalue weighted by Gasteiger charge is -2.24. The van der Waals surface area contributed by atoms with Crippen LogP contribution < -0.4 is 9.47 Å². The Labute approximate surface area is 214 Å². The van der Waals surface area contributed by atoms with Crippen molar-refractivity contribution in [1.29, 1.82) is 0 Å². The molecule has 0 aromatic heterocycles. The molecule has 0 N–H and O–H groups in total. The van der Waals surface area contributed by atoms with Crippen LogP contribution in [0.15, 0.2) is 72.8 Å². The Hall–Kier alpha value is -3.37. The largest absolute Gasteiger partial charge is 0.497 e. The summed E-state index contributed by atoms with van der Waals surface area (Å²) in [6.07, 6.45) is 6.96. The third kappa shape index (κ3) is 5.55. The summed E-state index contributed by atoms with van der Waals surface area (Å²) in [4.78, 5) is 16.4. The van der Waals surface area contributed by atoms with Crippen molar-refractivity contribution in [3.63, 3.8) is 0 Å². The number of rotatable bonds is 8. The molecular formula is C32H35NO3. The molecular weight excluding hydrogens is 446 g/mol. The third-order valence-corrected chi connectivity index (χ3v) is 7.37. The predicted molar refractivity (Wildman–Crippen MR) is 146 cm³/mol. The van der Waals surface area contributed by atoms with Crippen molar-refractivity contribution in [3.8, 4) is 11.5 Å². The SMILES string of the molecule is COc1ccc2c(c1)CCC(c1ccccc1)=C2C(=O)c1ccc(OCCN2CCCCCC2)cc1. The Bertz CT molecular complexity index is 1210. The van der Waals surface area contributed by atoms with Crippen molar-refractivity contribution in [3.05, 3.63) is 95.1 Å². The van der Waals surface area contributed by atoms with E-state index in [0.29, 0.717) is 12.2 Å². The van der Waals surface area contributed by atoms with Crippen molar-refractivity contribution in [2.75, 3.05) is 33.4 Å². The first-order valence-corrected chi connectivity index (χ1v) is 13.2. The number of carbonyl (C=O) groups excluding carboxylic acids is 1. The minimum absolute atomic E-state index is 0.0519. The Balaban J connectivity index is 1.37. The second-order valence-electron chi connectivity index (χ2n) is 9.70. The van der Waals surface area contributed by atoms with Crippen molar-refractivity contribution >= 4 is 16.9 Å². The number of methoxy groups -OCH3 is 1. The molecule has 3 aromatic rings. The summed E-state index contributed by atoms with van der Waals surface area (Å²) in [5.41, 5.74) is 5.85. The number of likely N-dealkylation sites (tertiary alicyclic amines) is 1. The Morgan fingerprint density at radius 2 is 1.56 bits per heavy atom. The number of ketones is 1. The summed E-state index contributed by atoms with van der Waals surface area (Å²) in [5.74, 6) is 1.69. The van der Waals surface area contributed by atoms with E-state index in [1.807, 2.05) is 54.6 Å². The van der Waals surface area contributed by atoms with E-state index in [0.717, 1.165) is 58.7 Å². The van der Waals surface area contributed by atoms with Crippen LogP contribution in [0.5, 0.6) is 11.5 Å². The summed E-state index contributed by atoms with van der Waals surface area (Å²) in [7, 11) is 1.68. The maximum Gasteiger partial charge on any atom is 0.193 e. The molecule has 4 nitrogen and oxygen atoms in total. The van der Waals surface area contributed by atoms with Crippen molar-refractivity contribution in [1.82, 2.24) is 4.90 Å². The molecule has 36 heavy (non-hydrogen) atoms. The van der Waals surface area contributed by atoms with E-state index in [4.69, 9.17) is 9.47 Å². The van der Waals surface area contributed by atoms with E-state index >= 15 is 0 Å². The molecule has 1 saturated heterocycles. The number of carbonyl (C=O) groups is 1. The first kappa shape index (κ1) is 24.3. The number of fused-ring (bicyclic) bond motifs is 1. The summed E-state index contributed by atoms with van der Waals surface area (Å²) < 4.78 is 11.5. The van der Waals surface area contributed by atoms with Gasteiger partial charge in [-0.3, -0.25) is 9.69 Å². The fraction of sp³-hybridized carbons (Fsp3) is 0.344. The lowest BCUT2D eigenvalue weighted by atomic mass is 9.79. The Morgan fingerprint density at radius 1 is 0.833 bits per heavy atom. The van der Waals surface area contributed by atoms with Crippen LogP contribution >= 0.6 is 0 Å². The lowest BCUT2D eigenvalue weighted by molar-refractivity contribution is 0.105. The molecule has 4 heteroatoms. The minimum atomic E-state index is 0.0519. The van der Waals surface area contributed by atoms with Gasteiger partial charge in [-0.1, -0.05) is 49.2 Å². The van der Waals surface area contributed by atoms with Gasteiger partial charge in [0.1, 0.15) is 18.1 Å². The van der Waals surface area contributed by atoms with Gasteiger partial charge in [-0.05, 0) is 97.4 Å². The molecule has 1 aliphatic heterocycles. The fourth-order valence-corrected chi connectivity index (χ4v) is 5.38. The van der Waals surface area contributed by atoms with Gasteiger partial charge < -0.3 is 9.47 Å². The number of aryl methyl sites for hydroxylation is 1. The van der Waals surface area contributed by atoms with E-state index < -0.39 is 0 Å². The van der Waals surface area contributed by atoms with Crippen LogP contribution in [-0.2, 0) is 6.42 Å². The highest BCUT2D eigenvalue weighted by Gasteiger charge is 2.26. The van der Waals surface area contributed by atoms with Gasteiger partial charge in [-0.15, -0.1) is 0 Å². The molecule has 2 aliphatic rings. The molecule has 1 heterocycles. The lowest BCUT2D eigenvalue weighted by Crippen LogP contribution is -2.29. The summed E-state index contributed by atoms with van der Waals surface area (Å²) in [6.45, 7) is 3.96. The van der Waals surface area contributed by atoms with Crippen LogP contribution in [0.2, 0.25) is 0 Å². The van der Waals surface area contributed by atoms with E-state index in [1.165, 1.54) is 38.8 Å². The molecule has 0 unspecified atom stereocenters. The van der Waals surface area contributed by atoms with Gasteiger partial charge in [0.15, 0.2) is 5.78 Å². The van der Waals surface area contributed by atoms with Crippen LogP contribution in [0, 0.1) is 0 Å². The molecule has 0 amide bonds. The van der Waals surface area contributed by atoms with Crippen LogP contribution in [0.4, 0.5) is 0 Å². The average molecular weight is 482 g/mol. The van der Waals surface area contributed by atoms with Gasteiger partial charge in [-0.2, -0.15) is 0 Å². The third-order valence-electron chi connectivity index (χ3n) is 7.37. The van der Waals surface area contributed by atoms with Gasteiger partial charge in [0.05, 0.1) is 7.11 Å². The average Bonchev–Trinajstić information content (AvgIpc) is 3.21. The van der Waals surface area contributed by atoms with Gasteiger partial charge in [-0.25, -0.2) is 0 Å². The monoisotopic (exact) mass is 481 g/mol. The molecule has 0 radical (unpaired) electrons. The molecule has 0 bridgehead atoms. The van der Waals surface area contributed by atoms with Crippen LogP contribution in [0.3, 0.4) is 0 Å². The van der Waals surface area contributed by atoms with E-state index in [9.17, 15) is 4.79 Å². The minimum Gasteiger partial charge on any atom is -0.497 e. The van der Waals surface area contributed by atoms with Gasteiger partial charge in [0.2, 0.25) is 0 Å². The van der Waals surface area contributed by atoms with Crippen LogP contribution in [0.25, 0.3) is 11.1 Å².